The largest absolute Gasteiger partial charge is 0.496 e. The second-order valence-electron chi connectivity index (χ2n) is 4.48. The van der Waals surface area contributed by atoms with Gasteiger partial charge in [-0.2, -0.15) is 0 Å². The number of para-hydroxylation sites is 1. The van der Waals surface area contributed by atoms with Crippen LogP contribution in [0.4, 0.5) is 0 Å². The summed E-state index contributed by atoms with van der Waals surface area (Å²) in [6.45, 7) is 2.02. The van der Waals surface area contributed by atoms with Gasteiger partial charge in [-0.3, -0.25) is 4.98 Å². The van der Waals surface area contributed by atoms with E-state index in [-0.39, 0.29) is 0 Å². The van der Waals surface area contributed by atoms with E-state index in [2.05, 4.69) is 23.2 Å². The Morgan fingerprint density at radius 1 is 1.31 bits per heavy atom. The van der Waals surface area contributed by atoms with Crippen molar-refractivity contribution in [3.05, 3.63) is 35.5 Å². The highest BCUT2D eigenvalue weighted by molar-refractivity contribution is 5.88. The SMILES string of the molecule is COc1cc(C)nc2c(C3CC3)cccc12. The summed E-state index contributed by atoms with van der Waals surface area (Å²) in [6.07, 6.45) is 2.61. The number of fused-ring (bicyclic) bond motifs is 1. The first-order valence-electron chi connectivity index (χ1n) is 5.74. The van der Waals surface area contributed by atoms with Gasteiger partial charge in [-0.1, -0.05) is 12.1 Å². The summed E-state index contributed by atoms with van der Waals surface area (Å²) in [5, 5.41) is 1.14. The molecular weight excluding hydrogens is 198 g/mol. The average Bonchev–Trinajstić information content (AvgIpc) is 3.11. The van der Waals surface area contributed by atoms with Gasteiger partial charge < -0.3 is 4.74 Å². The van der Waals surface area contributed by atoms with Gasteiger partial charge >= 0.3 is 0 Å². The summed E-state index contributed by atoms with van der Waals surface area (Å²) in [5.41, 5.74) is 3.54. The molecule has 1 saturated carbocycles. The number of methoxy groups -OCH3 is 1. The third-order valence-corrected chi connectivity index (χ3v) is 3.20. The minimum absolute atomic E-state index is 0.725. The summed E-state index contributed by atoms with van der Waals surface area (Å²) in [6, 6.07) is 8.40. The smallest absolute Gasteiger partial charge is 0.130 e. The van der Waals surface area contributed by atoms with E-state index in [9.17, 15) is 0 Å². The maximum atomic E-state index is 5.42. The molecule has 1 fully saturated rings. The van der Waals surface area contributed by atoms with Crippen molar-refractivity contribution in [3.63, 3.8) is 0 Å². The molecule has 1 aliphatic carbocycles. The first kappa shape index (κ1) is 9.64. The van der Waals surface area contributed by atoms with Gasteiger partial charge in [0.1, 0.15) is 5.75 Å². The molecule has 0 N–H and O–H groups in total. The standard InChI is InChI=1S/C14H15NO/c1-9-8-13(16-2)12-5-3-4-11(10-6-7-10)14(12)15-9/h3-5,8,10H,6-7H2,1-2H3. The summed E-state index contributed by atoms with van der Waals surface area (Å²) in [5.74, 6) is 1.66. The van der Waals surface area contributed by atoms with E-state index in [1.165, 1.54) is 18.4 Å². The van der Waals surface area contributed by atoms with Crippen molar-refractivity contribution in [2.24, 2.45) is 0 Å². The first-order valence-corrected chi connectivity index (χ1v) is 5.74. The zero-order valence-electron chi connectivity index (χ0n) is 9.66. The van der Waals surface area contributed by atoms with Crippen LogP contribution in [0.15, 0.2) is 24.3 Å². The van der Waals surface area contributed by atoms with Crippen LogP contribution in [0, 0.1) is 6.92 Å². The van der Waals surface area contributed by atoms with E-state index in [4.69, 9.17) is 4.74 Å². The number of benzene rings is 1. The molecule has 2 heteroatoms. The van der Waals surface area contributed by atoms with E-state index in [1.807, 2.05) is 13.0 Å². The Morgan fingerprint density at radius 2 is 2.12 bits per heavy atom. The predicted molar refractivity (Wildman–Crippen MR) is 65.0 cm³/mol. The monoisotopic (exact) mass is 213 g/mol. The highest BCUT2D eigenvalue weighted by Gasteiger charge is 2.26. The third kappa shape index (κ3) is 1.45. The topological polar surface area (TPSA) is 22.1 Å². The van der Waals surface area contributed by atoms with Crippen molar-refractivity contribution in [2.45, 2.75) is 25.7 Å². The van der Waals surface area contributed by atoms with Crippen LogP contribution in [0.2, 0.25) is 0 Å². The summed E-state index contributed by atoms with van der Waals surface area (Å²) < 4.78 is 5.42. The van der Waals surface area contributed by atoms with Gasteiger partial charge in [-0.25, -0.2) is 0 Å². The van der Waals surface area contributed by atoms with Crippen LogP contribution in [0.25, 0.3) is 10.9 Å². The van der Waals surface area contributed by atoms with Gasteiger partial charge in [-0.05, 0) is 37.3 Å². The number of hydrogen-bond donors (Lipinski definition) is 0. The quantitative estimate of drug-likeness (QED) is 0.762. The molecule has 1 heterocycles. The van der Waals surface area contributed by atoms with Crippen LogP contribution in [0.1, 0.15) is 30.0 Å². The Labute approximate surface area is 95.3 Å². The number of aromatic nitrogens is 1. The van der Waals surface area contributed by atoms with Crippen LogP contribution in [-0.2, 0) is 0 Å². The van der Waals surface area contributed by atoms with E-state index in [0.29, 0.717) is 0 Å². The molecule has 0 aliphatic heterocycles. The molecule has 3 rings (SSSR count). The van der Waals surface area contributed by atoms with Gasteiger partial charge in [0.15, 0.2) is 0 Å². The number of aryl methyl sites for hydroxylation is 1. The normalized spacial score (nSPS) is 15.4. The molecule has 2 nitrogen and oxygen atoms in total. The van der Waals surface area contributed by atoms with E-state index in [0.717, 1.165) is 28.3 Å². The first-order chi connectivity index (χ1) is 7.79. The van der Waals surface area contributed by atoms with Crippen molar-refractivity contribution in [2.75, 3.05) is 7.11 Å². The molecule has 0 amide bonds. The molecule has 1 aromatic heterocycles. The fourth-order valence-electron chi connectivity index (χ4n) is 2.25. The fraction of sp³-hybridized carbons (Fsp3) is 0.357. The summed E-state index contributed by atoms with van der Waals surface area (Å²) >= 11 is 0. The second-order valence-corrected chi connectivity index (χ2v) is 4.48. The zero-order valence-corrected chi connectivity index (χ0v) is 9.66. The van der Waals surface area contributed by atoms with Crippen molar-refractivity contribution < 1.29 is 4.74 Å². The Bertz CT molecular complexity index is 544. The summed E-state index contributed by atoms with van der Waals surface area (Å²) in [7, 11) is 1.72. The average molecular weight is 213 g/mol. The number of hydrogen-bond acceptors (Lipinski definition) is 2. The highest BCUT2D eigenvalue weighted by atomic mass is 16.5. The molecule has 0 atom stereocenters. The van der Waals surface area contributed by atoms with Crippen molar-refractivity contribution >= 4 is 10.9 Å². The minimum Gasteiger partial charge on any atom is -0.496 e. The Morgan fingerprint density at radius 3 is 2.81 bits per heavy atom. The predicted octanol–water partition coefficient (Wildman–Crippen LogP) is 3.43. The molecule has 0 spiro atoms. The third-order valence-electron chi connectivity index (χ3n) is 3.20. The van der Waals surface area contributed by atoms with Gasteiger partial charge in [0.2, 0.25) is 0 Å². The van der Waals surface area contributed by atoms with E-state index < -0.39 is 0 Å². The van der Waals surface area contributed by atoms with E-state index in [1.54, 1.807) is 7.11 Å². The molecule has 0 saturated heterocycles. The second kappa shape index (κ2) is 3.48. The van der Waals surface area contributed by atoms with Crippen molar-refractivity contribution in [1.82, 2.24) is 4.98 Å². The Kier molecular flexibility index (Phi) is 2.10. The van der Waals surface area contributed by atoms with Crippen LogP contribution in [0.5, 0.6) is 5.75 Å². The maximum absolute atomic E-state index is 5.42. The number of ether oxygens (including phenoxy) is 1. The molecule has 1 aliphatic rings. The van der Waals surface area contributed by atoms with Gasteiger partial charge in [0.05, 0.1) is 12.6 Å². The van der Waals surface area contributed by atoms with Gasteiger partial charge in [0, 0.05) is 17.1 Å². The number of nitrogens with zero attached hydrogens (tertiary/aromatic N) is 1. The zero-order chi connectivity index (χ0) is 11.1. The Hall–Kier alpha value is -1.57. The molecule has 0 bridgehead atoms. The minimum atomic E-state index is 0.725. The molecule has 0 unspecified atom stereocenters. The molecular formula is C14H15NO. The van der Waals surface area contributed by atoms with Gasteiger partial charge in [0.25, 0.3) is 0 Å². The van der Waals surface area contributed by atoms with Crippen molar-refractivity contribution in [3.8, 4) is 5.75 Å². The maximum Gasteiger partial charge on any atom is 0.130 e. The van der Waals surface area contributed by atoms with E-state index >= 15 is 0 Å². The lowest BCUT2D eigenvalue weighted by molar-refractivity contribution is 0.419. The Balaban J connectivity index is 2.33. The van der Waals surface area contributed by atoms with Crippen molar-refractivity contribution in [1.29, 1.82) is 0 Å². The van der Waals surface area contributed by atoms with Crippen LogP contribution in [-0.4, -0.2) is 12.1 Å². The molecule has 2 aromatic rings. The van der Waals surface area contributed by atoms with Gasteiger partial charge in [-0.15, -0.1) is 0 Å². The molecule has 16 heavy (non-hydrogen) atoms. The van der Waals surface area contributed by atoms with Crippen LogP contribution < -0.4 is 4.74 Å². The number of pyridine rings is 1. The highest BCUT2D eigenvalue weighted by Crippen LogP contribution is 2.43. The lowest BCUT2D eigenvalue weighted by Crippen LogP contribution is -1.93. The lowest BCUT2D eigenvalue weighted by Gasteiger charge is -2.09. The number of rotatable bonds is 2. The molecule has 1 aromatic carbocycles. The summed E-state index contributed by atoms with van der Waals surface area (Å²) in [4.78, 5) is 4.67. The fourth-order valence-corrected chi connectivity index (χ4v) is 2.25. The van der Waals surface area contributed by atoms with Crippen LogP contribution in [0.3, 0.4) is 0 Å². The lowest BCUT2D eigenvalue weighted by atomic mass is 10.0. The van der Waals surface area contributed by atoms with Crippen LogP contribution >= 0.6 is 0 Å². The molecule has 0 radical (unpaired) electrons. The molecule has 82 valence electrons.